The highest BCUT2D eigenvalue weighted by molar-refractivity contribution is 7.98. The van der Waals surface area contributed by atoms with Gasteiger partial charge < -0.3 is 0 Å². The predicted octanol–water partition coefficient (Wildman–Crippen LogP) is 4.89. The van der Waals surface area contributed by atoms with Crippen LogP contribution in [0.3, 0.4) is 0 Å². The number of nitrogens with zero attached hydrogens (tertiary/aromatic N) is 3. The first-order valence-electron chi connectivity index (χ1n) is 7.87. The van der Waals surface area contributed by atoms with Crippen LogP contribution in [0.15, 0.2) is 57.1 Å². The van der Waals surface area contributed by atoms with E-state index in [0.717, 1.165) is 31.6 Å². The van der Waals surface area contributed by atoms with Crippen molar-refractivity contribution in [2.24, 2.45) is 0 Å². The Bertz CT molecular complexity index is 1070. The summed E-state index contributed by atoms with van der Waals surface area (Å²) in [6, 6.07) is 12.1. The summed E-state index contributed by atoms with van der Waals surface area (Å²) in [6.45, 7) is 2.59. The summed E-state index contributed by atoms with van der Waals surface area (Å²) >= 11 is 4.66. The van der Waals surface area contributed by atoms with E-state index in [9.17, 15) is 4.79 Å². The summed E-state index contributed by atoms with van der Waals surface area (Å²) in [5.74, 6) is 0.700. The number of rotatable bonds is 5. The van der Waals surface area contributed by atoms with Gasteiger partial charge in [-0.05, 0) is 18.4 Å². The van der Waals surface area contributed by atoms with Crippen LogP contribution in [-0.2, 0) is 12.3 Å². The molecule has 0 spiro atoms. The molecule has 4 nitrogen and oxygen atoms in total. The third-order valence-electron chi connectivity index (χ3n) is 3.77. The Morgan fingerprint density at radius 2 is 1.96 bits per heavy atom. The number of thiophene rings is 1. The monoisotopic (exact) mass is 385 g/mol. The third kappa shape index (κ3) is 3.27. The first kappa shape index (κ1) is 16.5. The zero-order valence-corrected chi connectivity index (χ0v) is 16.0. The van der Waals surface area contributed by atoms with Gasteiger partial charge in [0.1, 0.15) is 9.71 Å². The van der Waals surface area contributed by atoms with E-state index >= 15 is 0 Å². The molecule has 0 aliphatic rings. The standard InChI is InChI=1S/C18H15N3OS3/c1-2-21-17(22)15-14(8-9-23-15)20-18(21)25-11-13-10-24-16(19-13)12-6-4-3-5-7-12/h3-10H,2,11H2,1H3. The first-order chi connectivity index (χ1) is 12.3. The molecular weight excluding hydrogens is 370 g/mol. The maximum atomic E-state index is 12.5. The van der Waals surface area contributed by atoms with Crippen molar-refractivity contribution in [3.05, 3.63) is 63.2 Å². The fourth-order valence-electron chi connectivity index (χ4n) is 2.54. The van der Waals surface area contributed by atoms with E-state index in [-0.39, 0.29) is 5.56 Å². The normalized spacial score (nSPS) is 11.2. The molecule has 25 heavy (non-hydrogen) atoms. The molecule has 0 saturated heterocycles. The van der Waals surface area contributed by atoms with Crippen LogP contribution in [0.1, 0.15) is 12.6 Å². The summed E-state index contributed by atoms with van der Waals surface area (Å²) in [4.78, 5) is 21.9. The van der Waals surface area contributed by atoms with Crippen molar-refractivity contribution in [1.82, 2.24) is 14.5 Å². The van der Waals surface area contributed by atoms with Gasteiger partial charge in [0.15, 0.2) is 5.16 Å². The minimum absolute atomic E-state index is 0.0493. The van der Waals surface area contributed by atoms with Gasteiger partial charge in [-0.2, -0.15) is 0 Å². The molecule has 0 amide bonds. The highest BCUT2D eigenvalue weighted by Gasteiger charge is 2.12. The summed E-state index contributed by atoms with van der Waals surface area (Å²) < 4.78 is 2.47. The van der Waals surface area contributed by atoms with Gasteiger partial charge in [-0.1, -0.05) is 42.1 Å². The second-order valence-electron chi connectivity index (χ2n) is 5.38. The SMILES string of the molecule is CCn1c(SCc2csc(-c3ccccc3)n2)nc2ccsc2c1=O. The van der Waals surface area contributed by atoms with E-state index in [4.69, 9.17) is 4.98 Å². The van der Waals surface area contributed by atoms with Crippen molar-refractivity contribution in [3.63, 3.8) is 0 Å². The molecule has 3 aromatic heterocycles. The lowest BCUT2D eigenvalue weighted by molar-refractivity contribution is 0.635. The van der Waals surface area contributed by atoms with Gasteiger partial charge in [-0.3, -0.25) is 9.36 Å². The Hall–Kier alpha value is -1.96. The number of hydrogen-bond donors (Lipinski definition) is 0. The number of aromatic nitrogens is 3. The molecule has 3 heterocycles. The molecule has 0 aliphatic heterocycles. The molecule has 7 heteroatoms. The van der Waals surface area contributed by atoms with Gasteiger partial charge in [0.2, 0.25) is 0 Å². The van der Waals surface area contributed by atoms with E-state index in [0.29, 0.717) is 12.3 Å². The largest absolute Gasteiger partial charge is 0.287 e. The Kier molecular flexibility index (Phi) is 4.70. The van der Waals surface area contributed by atoms with Crippen LogP contribution in [0.2, 0.25) is 0 Å². The summed E-state index contributed by atoms with van der Waals surface area (Å²) in [5.41, 5.74) is 2.97. The summed E-state index contributed by atoms with van der Waals surface area (Å²) in [7, 11) is 0. The molecule has 0 bridgehead atoms. The number of benzene rings is 1. The van der Waals surface area contributed by atoms with Crippen molar-refractivity contribution in [2.45, 2.75) is 24.4 Å². The Morgan fingerprint density at radius 1 is 1.12 bits per heavy atom. The lowest BCUT2D eigenvalue weighted by Gasteiger charge is -2.08. The summed E-state index contributed by atoms with van der Waals surface area (Å²) in [5, 5.41) is 5.77. The van der Waals surface area contributed by atoms with Gasteiger partial charge in [0, 0.05) is 23.2 Å². The van der Waals surface area contributed by atoms with E-state index in [1.165, 1.54) is 11.3 Å². The van der Waals surface area contributed by atoms with Crippen LogP contribution in [0.4, 0.5) is 0 Å². The number of fused-ring (bicyclic) bond motifs is 1. The molecule has 0 unspecified atom stereocenters. The van der Waals surface area contributed by atoms with Crippen molar-refractivity contribution >= 4 is 44.7 Å². The Labute approximate surface area is 157 Å². The van der Waals surface area contributed by atoms with Crippen LogP contribution in [0, 0.1) is 0 Å². The quantitative estimate of drug-likeness (QED) is 0.362. The van der Waals surface area contributed by atoms with Crippen molar-refractivity contribution in [2.75, 3.05) is 0 Å². The van der Waals surface area contributed by atoms with Crippen LogP contribution in [0.25, 0.3) is 20.8 Å². The topological polar surface area (TPSA) is 47.8 Å². The van der Waals surface area contributed by atoms with E-state index in [1.807, 2.05) is 36.6 Å². The fourth-order valence-corrected chi connectivity index (χ4v) is 5.20. The Morgan fingerprint density at radius 3 is 2.76 bits per heavy atom. The molecule has 4 aromatic rings. The summed E-state index contributed by atoms with van der Waals surface area (Å²) in [6.07, 6.45) is 0. The lowest BCUT2D eigenvalue weighted by Crippen LogP contribution is -2.21. The van der Waals surface area contributed by atoms with E-state index < -0.39 is 0 Å². The molecule has 4 rings (SSSR count). The molecule has 0 atom stereocenters. The molecule has 0 aliphatic carbocycles. The maximum absolute atomic E-state index is 12.5. The number of thioether (sulfide) groups is 1. The Balaban J connectivity index is 1.59. The van der Waals surface area contributed by atoms with Gasteiger partial charge in [-0.15, -0.1) is 22.7 Å². The molecule has 0 fully saturated rings. The zero-order chi connectivity index (χ0) is 17.2. The molecular formula is C18H15N3OS3. The second kappa shape index (κ2) is 7.11. The van der Waals surface area contributed by atoms with Crippen molar-refractivity contribution < 1.29 is 0 Å². The third-order valence-corrected chi connectivity index (χ3v) is 6.61. The fraction of sp³-hybridized carbons (Fsp3) is 0.167. The van der Waals surface area contributed by atoms with Gasteiger partial charge in [0.05, 0.1) is 11.2 Å². The minimum atomic E-state index is 0.0493. The maximum Gasteiger partial charge on any atom is 0.272 e. The molecule has 126 valence electrons. The molecule has 0 radical (unpaired) electrons. The average Bonchev–Trinajstić information content (AvgIpc) is 3.30. The highest BCUT2D eigenvalue weighted by Crippen LogP contribution is 2.28. The predicted molar refractivity (Wildman–Crippen MR) is 107 cm³/mol. The van der Waals surface area contributed by atoms with Gasteiger partial charge >= 0.3 is 0 Å². The molecule has 0 saturated carbocycles. The second-order valence-corrected chi connectivity index (χ2v) is 8.09. The smallest absolute Gasteiger partial charge is 0.272 e. The van der Waals surface area contributed by atoms with Crippen molar-refractivity contribution in [3.8, 4) is 10.6 Å². The van der Waals surface area contributed by atoms with Crippen LogP contribution in [-0.4, -0.2) is 14.5 Å². The van der Waals surface area contributed by atoms with Gasteiger partial charge in [0.25, 0.3) is 5.56 Å². The first-order valence-corrected chi connectivity index (χ1v) is 10.6. The van der Waals surface area contributed by atoms with Crippen LogP contribution in [0.5, 0.6) is 0 Å². The van der Waals surface area contributed by atoms with E-state index in [1.54, 1.807) is 27.7 Å². The zero-order valence-electron chi connectivity index (χ0n) is 13.5. The number of hydrogen-bond acceptors (Lipinski definition) is 6. The van der Waals surface area contributed by atoms with Crippen molar-refractivity contribution in [1.29, 1.82) is 0 Å². The average molecular weight is 386 g/mol. The minimum Gasteiger partial charge on any atom is -0.287 e. The molecule has 1 aromatic carbocycles. The van der Waals surface area contributed by atoms with Crippen LogP contribution < -0.4 is 5.56 Å². The molecule has 0 N–H and O–H groups in total. The lowest BCUT2D eigenvalue weighted by atomic mass is 10.2. The highest BCUT2D eigenvalue weighted by atomic mass is 32.2. The van der Waals surface area contributed by atoms with E-state index in [2.05, 4.69) is 22.5 Å². The number of thiazole rings is 1. The van der Waals surface area contributed by atoms with Gasteiger partial charge in [-0.25, -0.2) is 9.97 Å². The van der Waals surface area contributed by atoms with Crippen LogP contribution >= 0.6 is 34.4 Å².